The molecule has 34 heavy (non-hydrogen) atoms. The predicted molar refractivity (Wildman–Crippen MR) is 119 cm³/mol. The average Bonchev–Trinajstić information content (AvgIpc) is 3.06. The molecule has 0 amide bonds. The Hall–Kier alpha value is -2.48. The number of benzene rings is 1. The molecule has 0 bridgehead atoms. The van der Waals surface area contributed by atoms with Crippen LogP contribution in [0, 0.1) is 0 Å². The van der Waals surface area contributed by atoms with Gasteiger partial charge in [-0.3, -0.25) is 0 Å². The second-order valence-corrected chi connectivity index (χ2v) is 12.5. The van der Waals surface area contributed by atoms with E-state index in [2.05, 4.69) is 14.7 Å². The van der Waals surface area contributed by atoms with Gasteiger partial charge in [0.25, 0.3) is 0 Å². The number of aliphatic hydroxyl groups is 1. The van der Waals surface area contributed by atoms with E-state index in [0.717, 1.165) is 6.26 Å². The van der Waals surface area contributed by atoms with Crippen LogP contribution in [0.5, 0.6) is 0 Å². The van der Waals surface area contributed by atoms with Crippen molar-refractivity contribution in [2.45, 2.75) is 53.9 Å². The van der Waals surface area contributed by atoms with Crippen LogP contribution in [0.2, 0.25) is 0 Å². The minimum absolute atomic E-state index is 0.0241. The second kappa shape index (κ2) is 8.63. The lowest BCUT2D eigenvalue weighted by Gasteiger charge is -2.37. The van der Waals surface area contributed by atoms with Gasteiger partial charge in [-0.25, -0.2) is 26.5 Å². The van der Waals surface area contributed by atoms with E-state index >= 15 is 0 Å². The summed E-state index contributed by atoms with van der Waals surface area (Å²) >= 11 is 0. The third-order valence-corrected chi connectivity index (χ3v) is 7.82. The molecule has 0 saturated carbocycles. The number of rotatable bonds is 8. The van der Waals surface area contributed by atoms with Crippen LogP contribution in [0.15, 0.2) is 58.6 Å². The lowest BCUT2D eigenvalue weighted by atomic mass is 9.84. The lowest BCUT2D eigenvalue weighted by Crippen LogP contribution is -2.56. The number of hydrogen-bond donors (Lipinski definition) is 3. The van der Waals surface area contributed by atoms with E-state index < -0.39 is 50.0 Å². The molecule has 0 fully saturated rings. The summed E-state index contributed by atoms with van der Waals surface area (Å²) in [5, 5.41) is 10.8. The number of pyridine rings is 1. The lowest BCUT2D eigenvalue weighted by molar-refractivity contribution is -0.266. The van der Waals surface area contributed by atoms with Gasteiger partial charge in [0.1, 0.15) is 0 Å². The number of halogens is 3. The number of hydrogen-bond acceptors (Lipinski definition) is 6. The molecule has 0 spiro atoms. The van der Waals surface area contributed by atoms with Crippen LogP contribution < -0.4 is 4.72 Å². The van der Waals surface area contributed by atoms with E-state index in [0.29, 0.717) is 5.39 Å². The molecule has 3 aromatic rings. The smallest absolute Gasteiger partial charge is 0.380 e. The van der Waals surface area contributed by atoms with E-state index in [-0.39, 0.29) is 21.1 Å². The van der Waals surface area contributed by atoms with Crippen molar-refractivity contribution in [3.05, 3.63) is 54.4 Å². The highest BCUT2D eigenvalue weighted by Gasteiger charge is 2.56. The fourth-order valence-electron chi connectivity index (χ4n) is 3.74. The van der Waals surface area contributed by atoms with Crippen molar-refractivity contribution in [1.29, 1.82) is 0 Å². The van der Waals surface area contributed by atoms with Crippen LogP contribution in [0.3, 0.4) is 0 Å². The van der Waals surface area contributed by atoms with Crippen LogP contribution in [0.25, 0.3) is 10.9 Å². The number of nitrogens with zero attached hydrogens (tertiary/aromatic N) is 1. The van der Waals surface area contributed by atoms with Crippen molar-refractivity contribution >= 4 is 30.8 Å². The first-order valence-corrected chi connectivity index (χ1v) is 13.4. The molecule has 0 radical (unpaired) electrons. The normalized spacial score (nSPS) is 15.4. The first-order chi connectivity index (χ1) is 15.4. The van der Waals surface area contributed by atoms with Crippen molar-refractivity contribution in [2.24, 2.45) is 0 Å². The molecule has 13 heteroatoms. The molecule has 0 aliphatic rings. The number of aromatic nitrogens is 2. The summed E-state index contributed by atoms with van der Waals surface area (Å²) in [4.78, 5) is 6.37. The Morgan fingerprint density at radius 3 is 2.24 bits per heavy atom. The first-order valence-electron chi connectivity index (χ1n) is 9.98. The summed E-state index contributed by atoms with van der Waals surface area (Å²) < 4.78 is 93.0. The monoisotopic (exact) mass is 519 g/mol. The topological polar surface area (TPSA) is 129 Å². The van der Waals surface area contributed by atoms with Crippen LogP contribution in [0.1, 0.15) is 26.0 Å². The maximum atomic E-state index is 14.0. The Morgan fingerprint density at radius 1 is 1.06 bits per heavy atom. The summed E-state index contributed by atoms with van der Waals surface area (Å²) in [6, 6.07) is 9.68. The molecule has 3 rings (SSSR count). The summed E-state index contributed by atoms with van der Waals surface area (Å²) in [5.41, 5.74) is -4.72. The highest BCUT2D eigenvalue weighted by Crippen LogP contribution is 2.39. The second-order valence-electron chi connectivity index (χ2n) is 8.86. The highest BCUT2D eigenvalue weighted by molar-refractivity contribution is 7.90. The molecule has 0 saturated heterocycles. The third kappa shape index (κ3) is 5.77. The van der Waals surface area contributed by atoms with Gasteiger partial charge in [-0.15, -0.1) is 0 Å². The van der Waals surface area contributed by atoms with Crippen molar-refractivity contribution in [1.82, 2.24) is 14.7 Å². The van der Waals surface area contributed by atoms with Crippen molar-refractivity contribution in [3.8, 4) is 0 Å². The zero-order valence-electron chi connectivity index (χ0n) is 18.5. The summed E-state index contributed by atoms with van der Waals surface area (Å²) in [6.45, 7) is 2.50. The van der Waals surface area contributed by atoms with Gasteiger partial charge in [-0.05, 0) is 38.1 Å². The van der Waals surface area contributed by atoms with Gasteiger partial charge >= 0.3 is 6.18 Å². The molecular formula is C21H24F3N3O5S2. The maximum absolute atomic E-state index is 14.0. The van der Waals surface area contributed by atoms with Gasteiger partial charge in [-0.1, -0.05) is 18.2 Å². The molecule has 0 aliphatic heterocycles. The van der Waals surface area contributed by atoms with E-state index in [1.807, 2.05) is 0 Å². The van der Waals surface area contributed by atoms with Gasteiger partial charge in [-0.2, -0.15) is 13.2 Å². The highest BCUT2D eigenvalue weighted by atomic mass is 32.2. The summed E-state index contributed by atoms with van der Waals surface area (Å²) in [6.07, 6.45) is -4.88. The Kier molecular flexibility index (Phi) is 6.63. The number of H-pyrrole nitrogens is 1. The Morgan fingerprint density at radius 2 is 1.68 bits per heavy atom. The zero-order valence-corrected chi connectivity index (χ0v) is 20.1. The minimum atomic E-state index is -5.10. The van der Waals surface area contributed by atoms with Crippen molar-refractivity contribution in [3.63, 3.8) is 0 Å². The van der Waals surface area contributed by atoms with Gasteiger partial charge in [0.15, 0.2) is 20.5 Å². The zero-order chi connectivity index (χ0) is 25.6. The van der Waals surface area contributed by atoms with E-state index in [1.54, 1.807) is 6.07 Å². The Labute approximate surface area is 195 Å². The number of sulfone groups is 1. The standard InChI is InChI=1S/C21H24F3N3O5S2/c1-19(2,27-34(31,32)16-7-5-4-6-8-16)13-20(28,21(22,23)24)11-15-9-14-10-18(33(3,29)30)25-12-17(14)26-15/h4-10,12,26-28H,11,13H2,1-3H3. The van der Waals surface area contributed by atoms with E-state index in [4.69, 9.17) is 0 Å². The number of aromatic amines is 1. The molecule has 1 unspecified atom stereocenters. The molecule has 1 aromatic carbocycles. The quantitative estimate of drug-likeness (QED) is 0.420. The molecule has 3 N–H and O–H groups in total. The summed E-state index contributed by atoms with van der Waals surface area (Å²) in [5.74, 6) is 0. The van der Waals surface area contributed by atoms with Crippen LogP contribution in [0.4, 0.5) is 13.2 Å². The minimum Gasteiger partial charge on any atom is -0.380 e. The Bertz CT molecular complexity index is 1400. The molecule has 1 atom stereocenters. The average molecular weight is 520 g/mol. The van der Waals surface area contributed by atoms with Gasteiger partial charge < -0.3 is 10.1 Å². The largest absolute Gasteiger partial charge is 0.417 e. The number of alkyl halides is 3. The first kappa shape index (κ1) is 26.1. The fraction of sp³-hybridized carbons (Fsp3) is 0.381. The maximum Gasteiger partial charge on any atom is 0.417 e. The van der Waals surface area contributed by atoms with Gasteiger partial charge in [0, 0.05) is 35.7 Å². The van der Waals surface area contributed by atoms with E-state index in [1.165, 1.54) is 56.4 Å². The third-order valence-electron chi connectivity index (χ3n) is 5.12. The predicted octanol–water partition coefficient (Wildman–Crippen LogP) is 2.95. The molecule has 186 valence electrons. The Balaban J connectivity index is 1.91. The van der Waals surface area contributed by atoms with Crippen LogP contribution >= 0.6 is 0 Å². The molecular weight excluding hydrogens is 495 g/mol. The molecule has 2 aromatic heterocycles. The van der Waals surface area contributed by atoms with Crippen LogP contribution in [-0.2, 0) is 26.3 Å². The number of nitrogens with one attached hydrogen (secondary N) is 2. The molecule has 8 nitrogen and oxygen atoms in total. The van der Waals surface area contributed by atoms with E-state index in [9.17, 15) is 35.1 Å². The summed E-state index contributed by atoms with van der Waals surface area (Å²) in [7, 11) is -7.78. The number of fused-ring (bicyclic) bond motifs is 1. The van der Waals surface area contributed by atoms with Gasteiger partial charge in [0.2, 0.25) is 10.0 Å². The van der Waals surface area contributed by atoms with Crippen molar-refractivity contribution < 1.29 is 35.1 Å². The molecule has 0 aliphatic carbocycles. The van der Waals surface area contributed by atoms with Crippen LogP contribution in [-0.4, -0.2) is 55.5 Å². The molecule has 2 heterocycles. The van der Waals surface area contributed by atoms with Gasteiger partial charge in [0.05, 0.1) is 16.6 Å². The van der Waals surface area contributed by atoms with Crippen molar-refractivity contribution in [2.75, 3.05) is 6.26 Å². The SMILES string of the molecule is CC(C)(CC(O)(Cc1cc2cc(S(C)(=O)=O)ncc2[nH]1)C(F)(F)F)NS(=O)(=O)c1ccccc1. The number of sulfonamides is 1. The fourth-order valence-corrected chi connectivity index (χ4v) is 5.76.